The Bertz CT molecular complexity index is 587. The van der Waals surface area contributed by atoms with Crippen LogP contribution in [0, 0.1) is 0 Å². The summed E-state index contributed by atoms with van der Waals surface area (Å²) in [5.74, 6) is 0.555. The summed E-state index contributed by atoms with van der Waals surface area (Å²) in [6, 6.07) is 7.90. The second kappa shape index (κ2) is 7.66. The molecule has 2 rings (SSSR count). The van der Waals surface area contributed by atoms with Crippen molar-refractivity contribution in [1.29, 1.82) is 0 Å². The average Bonchev–Trinajstić information content (AvgIpc) is 2.94. The molecule has 0 amide bonds. The van der Waals surface area contributed by atoms with Gasteiger partial charge < -0.3 is 4.74 Å². The van der Waals surface area contributed by atoms with Crippen molar-refractivity contribution in [2.75, 3.05) is 13.4 Å². The molecule has 20 heavy (non-hydrogen) atoms. The van der Waals surface area contributed by atoms with E-state index < -0.39 is 0 Å². The molecule has 2 aromatic rings. The topological polar surface area (TPSA) is 52.1 Å². The maximum atomic E-state index is 11.4. The van der Waals surface area contributed by atoms with E-state index in [4.69, 9.17) is 4.74 Å². The smallest absolute Gasteiger partial charge is 0.309 e. The zero-order chi connectivity index (χ0) is 14.4. The molecule has 0 aliphatic heterocycles. The van der Waals surface area contributed by atoms with E-state index in [1.54, 1.807) is 34.9 Å². The third-order valence-electron chi connectivity index (χ3n) is 2.59. The summed E-state index contributed by atoms with van der Waals surface area (Å²) in [7, 11) is 1.41. The Labute approximate surface area is 130 Å². The van der Waals surface area contributed by atoms with Gasteiger partial charge in [0, 0.05) is 5.75 Å². The first-order valence-corrected chi connectivity index (χ1v) is 8.89. The number of carbonyl (C=O) groups excluding carboxylic acids is 1. The second-order valence-corrected chi connectivity index (χ2v) is 7.10. The monoisotopic (exact) mass is 326 g/mol. The van der Waals surface area contributed by atoms with Crippen LogP contribution in [0.5, 0.6) is 0 Å². The molecular weight excluding hydrogens is 312 g/mol. The average molecular weight is 326 g/mol. The molecule has 0 radical (unpaired) electrons. The molecule has 0 fully saturated rings. The summed E-state index contributed by atoms with van der Waals surface area (Å²) in [4.78, 5) is 11.4. The van der Waals surface area contributed by atoms with Gasteiger partial charge in [0.1, 0.15) is 0 Å². The zero-order valence-corrected chi connectivity index (χ0v) is 13.6. The molecule has 1 aromatic carbocycles. The van der Waals surface area contributed by atoms with E-state index in [1.807, 2.05) is 30.5 Å². The number of methoxy groups -OCH3 is 1. The molecule has 1 heterocycles. The normalized spacial score (nSPS) is 10.5. The van der Waals surface area contributed by atoms with E-state index in [-0.39, 0.29) is 5.97 Å². The lowest BCUT2D eigenvalue weighted by atomic mass is 10.1. The minimum Gasteiger partial charge on any atom is -0.469 e. The Kier molecular flexibility index (Phi) is 5.87. The number of benzene rings is 1. The highest BCUT2D eigenvalue weighted by Gasteiger charge is 2.09. The van der Waals surface area contributed by atoms with Gasteiger partial charge in [0.05, 0.1) is 13.5 Å². The van der Waals surface area contributed by atoms with Crippen LogP contribution in [0.25, 0.3) is 0 Å². The first kappa shape index (κ1) is 15.3. The highest BCUT2D eigenvalue weighted by atomic mass is 32.2. The molecular formula is C13H14N2O2S3. The summed E-state index contributed by atoms with van der Waals surface area (Å²) >= 11 is 4.82. The van der Waals surface area contributed by atoms with Crippen molar-refractivity contribution in [1.82, 2.24) is 10.2 Å². The first-order valence-electron chi connectivity index (χ1n) is 5.87. The van der Waals surface area contributed by atoms with Gasteiger partial charge in [0.25, 0.3) is 0 Å². The van der Waals surface area contributed by atoms with E-state index >= 15 is 0 Å². The van der Waals surface area contributed by atoms with Crippen molar-refractivity contribution in [2.45, 2.75) is 20.9 Å². The van der Waals surface area contributed by atoms with Crippen LogP contribution in [0.15, 0.2) is 32.9 Å². The van der Waals surface area contributed by atoms with Crippen LogP contribution in [0.4, 0.5) is 0 Å². The van der Waals surface area contributed by atoms with Crippen molar-refractivity contribution < 1.29 is 9.53 Å². The van der Waals surface area contributed by atoms with Crippen LogP contribution in [-0.4, -0.2) is 29.5 Å². The predicted octanol–water partition coefficient (Wildman–Crippen LogP) is 3.27. The predicted molar refractivity (Wildman–Crippen MR) is 83.4 cm³/mol. The summed E-state index contributed by atoms with van der Waals surface area (Å²) in [5, 5.41) is 8.20. The van der Waals surface area contributed by atoms with Crippen LogP contribution in [0.3, 0.4) is 0 Å². The van der Waals surface area contributed by atoms with Crippen LogP contribution < -0.4 is 0 Å². The molecule has 106 valence electrons. The van der Waals surface area contributed by atoms with Crippen molar-refractivity contribution in [3.8, 4) is 0 Å². The van der Waals surface area contributed by atoms with Crippen LogP contribution >= 0.6 is 34.9 Å². The van der Waals surface area contributed by atoms with Gasteiger partial charge in [-0.3, -0.25) is 4.79 Å². The van der Waals surface area contributed by atoms with Crippen LogP contribution in [0.2, 0.25) is 0 Å². The van der Waals surface area contributed by atoms with Gasteiger partial charge >= 0.3 is 5.97 Å². The van der Waals surface area contributed by atoms with Crippen molar-refractivity contribution >= 4 is 40.8 Å². The summed E-state index contributed by atoms with van der Waals surface area (Å²) in [6.07, 6.45) is 2.29. The maximum Gasteiger partial charge on any atom is 0.309 e. The van der Waals surface area contributed by atoms with Gasteiger partial charge in [0.2, 0.25) is 0 Å². The molecule has 0 atom stereocenters. The number of hydrogen-bond acceptors (Lipinski definition) is 7. The highest BCUT2D eigenvalue weighted by Crippen LogP contribution is 2.30. The van der Waals surface area contributed by atoms with E-state index in [2.05, 4.69) is 10.2 Å². The van der Waals surface area contributed by atoms with E-state index in [0.717, 1.165) is 25.6 Å². The maximum absolute atomic E-state index is 11.4. The largest absolute Gasteiger partial charge is 0.469 e. The molecule has 1 aromatic heterocycles. The van der Waals surface area contributed by atoms with E-state index in [0.29, 0.717) is 6.42 Å². The van der Waals surface area contributed by atoms with Crippen LogP contribution in [-0.2, 0) is 21.7 Å². The molecule has 4 nitrogen and oxygen atoms in total. The Morgan fingerprint density at radius 3 is 2.60 bits per heavy atom. The lowest BCUT2D eigenvalue weighted by Crippen LogP contribution is -2.06. The van der Waals surface area contributed by atoms with Crippen molar-refractivity contribution in [3.05, 3.63) is 35.4 Å². The van der Waals surface area contributed by atoms with Crippen LogP contribution in [0.1, 0.15) is 11.1 Å². The number of carbonyl (C=O) groups is 1. The Morgan fingerprint density at radius 2 is 1.95 bits per heavy atom. The molecule has 0 N–H and O–H groups in total. The molecule has 0 saturated heterocycles. The fourth-order valence-electron chi connectivity index (χ4n) is 1.58. The number of hydrogen-bond donors (Lipinski definition) is 0. The summed E-state index contributed by atoms with van der Waals surface area (Å²) in [6.45, 7) is 0. The molecule has 0 unspecified atom stereocenters. The molecule has 0 saturated carbocycles. The number of rotatable bonds is 6. The van der Waals surface area contributed by atoms with Gasteiger partial charge in [-0.25, -0.2) is 0 Å². The number of aromatic nitrogens is 2. The van der Waals surface area contributed by atoms with Gasteiger partial charge in [-0.05, 0) is 17.4 Å². The summed E-state index contributed by atoms with van der Waals surface area (Å²) < 4.78 is 6.64. The molecule has 0 spiro atoms. The molecule has 0 aliphatic carbocycles. The number of ether oxygens (including phenoxy) is 1. The number of esters is 1. The minimum absolute atomic E-state index is 0.219. The molecule has 0 aliphatic rings. The van der Waals surface area contributed by atoms with Gasteiger partial charge in [-0.15, -0.1) is 10.2 Å². The second-order valence-electron chi connectivity index (χ2n) is 3.85. The third kappa shape index (κ3) is 4.22. The van der Waals surface area contributed by atoms with E-state index in [1.165, 1.54) is 7.11 Å². The van der Waals surface area contributed by atoms with Gasteiger partial charge in [0.15, 0.2) is 8.68 Å². The summed E-state index contributed by atoms with van der Waals surface area (Å²) in [5.41, 5.74) is 2.13. The lowest BCUT2D eigenvalue weighted by Gasteiger charge is -2.07. The van der Waals surface area contributed by atoms with Gasteiger partial charge in [-0.2, -0.15) is 0 Å². The van der Waals surface area contributed by atoms with Crippen molar-refractivity contribution in [3.63, 3.8) is 0 Å². The Balaban J connectivity index is 2.03. The quantitative estimate of drug-likeness (QED) is 0.600. The molecule has 0 bridgehead atoms. The van der Waals surface area contributed by atoms with E-state index in [9.17, 15) is 4.79 Å². The number of thioether (sulfide) groups is 2. The SMILES string of the molecule is COC(=O)Cc1ccccc1CSc1nnc(SC)s1. The zero-order valence-electron chi connectivity index (χ0n) is 11.2. The number of nitrogens with zero attached hydrogens (tertiary/aromatic N) is 2. The fraction of sp³-hybridized carbons (Fsp3) is 0.308. The molecule has 7 heteroatoms. The van der Waals surface area contributed by atoms with Gasteiger partial charge in [-0.1, -0.05) is 59.1 Å². The first-order chi connectivity index (χ1) is 9.72. The van der Waals surface area contributed by atoms with Crippen molar-refractivity contribution in [2.24, 2.45) is 0 Å². The lowest BCUT2D eigenvalue weighted by molar-refractivity contribution is -0.139. The fourth-order valence-corrected chi connectivity index (χ4v) is 4.05. The Morgan fingerprint density at radius 1 is 1.25 bits per heavy atom. The highest BCUT2D eigenvalue weighted by molar-refractivity contribution is 8.02. The standard InChI is InChI=1S/C13H14N2O2S3/c1-17-11(16)7-9-5-3-4-6-10(9)8-19-13-15-14-12(18-2)20-13/h3-6H,7-8H2,1-2H3. The Hall–Kier alpha value is -1.05. The minimum atomic E-state index is -0.219. The third-order valence-corrected chi connectivity index (χ3v) is 5.68.